The number of Topliss-reactive ketones (excluding diaryl/α,β-unsaturated/α-hetero) is 1. The Morgan fingerprint density at radius 3 is 2.14 bits per heavy atom. The van der Waals surface area contributed by atoms with Gasteiger partial charge in [-0.05, 0) is 23.0 Å². The van der Waals surface area contributed by atoms with Crippen molar-refractivity contribution in [3.05, 3.63) is 46.7 Å². The van der Waals surface area contributed by atoms with E-state index in [1.807, 2.05) is 24.3 Å². The third-order valence-electron chi connectivity index (χ3n) is 5.07. The first kappa shape index (κ1) is 22.2. The van der Waals surface area contributed by atoms with E-state index >= 15 is 0 Å². The van der Waals surface area contributed by atoms with Crippen LogP contribution in [-0.4, -0.2) is 42.0 Å². The number of nitrogens with zero attached hydrogens (tertiary/aromatic N) is 1. The summed E-state index contributed by atoms with van der Waals surface area (Å²) in [5.41, 5.74) is 1.50. The second-order valence-electron chi connectivity index (χ2n) is 9.46. The number of aliphatic hydroxyl groups excluding tert-OH is 1. The molecule has 1 unspecified atom stereocenters. The first-order valence-electron chi connectivity index (χ1n) is 9.78. The monoisotopic (exact) mass is 387 g/mol. The van der Waals surface area contributed by atoms with Gasteiger partial charge in [-0.2, -0.15) is 0 Å². The van der Waals surface area contributed by atoms with E-state index in [2.05, 4.69) is 20.8 Å². The SMILES string of the molecule is COCCCN1C(=O)C(O)=C(C(=O)C(C)(C)C)C1c1ccc(C(C)(C)C)cc1. The van der Waals surface area contributed by atoms with Gasteiger partial charge in [-0.15, -0.1) is 0 Å². The van der Waals surface area contributed by atoms with Crippen LogP contribution in [0, 0.1) is 5.41 Å². The minimum atomic E-state index is -0.699. The number of methoxy groups -OCH3 is 1. The van der Waals surface area contributed by atoms with Crippen LogP contribution in [-0.2, 0) is 19.7 Å². The van der Waals surface area contributed by atoms with Crippen molar-refractivity contribution >= 4 is 11.7 Å². The van der Waals surface area contributed by atoms with Gasteiger partial charge in [-0.3, -0.25) is 9.59 Å². The molecule has 2 rings (SSSR count). The maximum absolute atomic E-state index is 13.1. The predicted octanol–water partition coefficient (Wildman–Crippen LogP) is 4.33. The van der Waals surface area contributed by atoms with Crippen molar-refractivity contribution in [1.82, 2.24) is 4.90 Å². The highest BCUT2D eigenvalue weighted by atomic mass is 16.5. The van der Waals surface area contributed by atoms with Crippen LogP contribution in [0.25, 0.3) is 0 Å². The molecule has 1 aromatic rings. The highest BCUT2D eigenvalue weighted by Crippen LogP contribution is 2.41. The summed E-state index contributed by atoms with van der Waals surface area (Å²) >= 11 is 0. The molecule has 1 heterocycles. The van der Waals surface area contributed by atoms with E-state index in [0.29, 0.717) is 19.6 Å². The summed E-state index contributed by atoms with van der Waals surface area (Å²) in [5, 5.41) is 10.6. The second kappa shape index (κ2) is 8.08. The third kappa shape index (κ3) is 4.46. The number of benzene rings is 1. The standard InChI is InChI=1S/C23H33NO4/c1-22(2,3)16-11-9-15(10-12-16)18-17(20(26)23(4,5)6)19(25)21(27)24(18)13-8-14-28-7/h9-12,18,25H,8,13-14H2,1-7H3. The lowest BCUT2D eigenvalue weighted by molar-refractivity contribution is -0.129. The van der Waals surface area contributed by atoms with E-state index in [-0.39, 0.29) is 16.8 Å². The number of hydrogen-bond acceptors (Lipinski definition) is 4. The van der Waals surface area contributed by atoms with E-state index in [1.165, 1.54) is 5.56 Å². The molecule has 0 saturated heterocycles. The van der Waals surface area contributed by atoms with Gasteiger partial charge in [0.25, 0.3) is 5.91 Å². The predicted molar refractivity (Wildman–Crippen MR) is 110 cm³/mol. The summed E-state index contributed by atoms with van der Waals surface area (Å²) in [5.74, 6) is -1.13. The van der Waals surface area contributed by atoms with E-state index in [4.69, 9.17) is 4.74 Å². The first-order chi connectivity index (χ1) is 12.9. The van der Waals surface area contributed by atoms with Crippen LogP contribution in [0.15, 0.2) is 35.6 Å². The highest BCUT2D eigenvalue weighted by Gasteiger charge is 2.45. The highest BCUT2D eigenvalue weighted by molar-refractivity contribution is 6.10. The molecule has 1 atom stereocenters. The van der Waals surface area contributed by atoms with Gasteiger partial charge in [0.2, 0.25) is 0 Å². The fraction of sp³-hybridized carbons (Fsp3) is 0.565. The lowest BCUT2D eigenvalue weighted by atomic mass is 9.81. The largest absolute Gasteiger partial charge is 0.503 e. The quantitative estimate of drug-likeness (QED) is 0.738. The molecule has 0 bridgehead atoms. The summed E-state index contributed by atoms with van der Waals surface area (Å²) in [6.45, 7) is 12.7. The summed E-state index contributed by atoms with van der Waals surface area (Å²) in [4.78, 5) is 27.4. The van der Waals surface area contributed by atoms with Crippen molar-refractivity contribution in [1.29, 1.82) is 0 Å². The molecule has 0 spiro atoms. The molecule has 1 aliphatic rings. The zero-order valence-electron chi connectivity index (χ0n) is 18.1. The van der Waals surface area contributed by atoms with Gasteiger partial charge in [0.1, 0.15) is 0 Å². The Balaban J connectivity index is 2.50. The number of aliphatic hydroxyl groups is 1. The van der Waals surface area contributed by atoms with Crippen molar-refractivity contribution in [3.63, 3.8) is 0 Å². The van der Waals surface area contributed by atoms with Gasteiger partial charge in [0.15, 0.2) is 11.5 Å². The molecule has 0 saturated carbocycles. The van der Waals surface area contributed by atoms with Crippen molar-refractivity contribution in [2.45, 2.75) is 59.4 Å². The van der Waals surface area contributed by atoms with E-state index in [9.17, 15) is 14.7 Å². The molecule has 154 valence electrons. The summed E-state index contributed by atoms with van der Waals surface area (Å²) in [6.07, 6.45) is 0.628. The van der Waals surface area contributed by atoms with Crippen LogP contribution in [0.3, 0.4) is 0 Å². The molecule has 1 N–H and O–H groups in total. The second-order valence-corrected chi connectivity index (χ2v) is 9.46. The molecule has 1 aliphatic heterocycles. The average molecular weight is 388 g/mol. The molecule has 1 amide bonds. The molecular formula is C23H33NO4. The van der Waals surface area contributed by atoms with E-state index < -0.39 is 23.1 Å². The van der Waals surface area contributed by atoms with Gasteiger partial charge >= 0.3 is 0 Å². The van der Waals surface area contributed by atoms with Gasteiger partial charge in [-0.1, -0.05) is 65.8 Å². The van der Waals surface area contributed by atoms with Crippen LogP contribution < -0.4 is 0 Å². The fourth-order valence-electron chi connectivity index (χ4n) is 3.41. The normalized spacial score (nSPS) is 18.2. The Kier molecular flexibility index (Phi) is 6.39. The summed E-state index contributed by atoms with van der Waals surface area (Å²) in [6, 6.07) is 7.39. The van der Waals surface area contributed by atoms with E-state index in [1.54, 1.807) is 32.8 Å². The van der Waals surface area contributed by atoms with Gasteiger partial charge in [-0.25, -0.2) is 0 Å². The van der Waals surface area contributed by atoms with Crippen molar-refractivity contribution in [3.8, 4) is 0 Å². The minimum Gasteiger partial charge on any atom is -0.503 e. The van der Waals surface area contributed by atoms with Crippen LogP contribution in [0.4, 0.5) is 0 Å². The topological polar surface area (TPSA) is 66.8 Å². The van der Waals surface area contributed by atoms with Crippen LogP contribution in [0.1, 0.15) is 65.1 Å². The van der Waals surface area contributed by atoms with Crippen molar-refractivity contribution < 1.29 is 19.4 Å². The molecular weight excluding hydrogens is 354 g/mol. The van der Waals surface area contributed by atoms with Crippen molar-refractivity contribution in [2.75, 3.05) is 20.3 Å². The number of amides is 1. The lowest BCUT2D eigenvalue weighted by Gasteiger charge is -2.29. The Morgan fingerprint density at radius 1 is 1.11 bits per heavy atom. The Morgan fingerprint density at radius 2 is 1.68 bits per heavy atom. The van der Waals surface area contributed by atoms with Crippen molar-refractivity contribution in [2.24, 2.45) is 5.41 Å². The number of carbonyl (C=O) groups excluding carboxylic acids is 2. The Bertz CT molecular complexity index is 763. The van der Waals surface area contributed by atoms with Crippen LogP contribution >= 0.6 is 0 Å². The summed E-state index contributed by atoms with van der Waals surface area (Å²) < 4.78 is 5.11. The molecule has 28 heavy (non-hydrogen) atoms. The number of carbonyl (C=O) groups is 2. The number of ether oxygens (including phenoxy) is 1. The fourth-order valence-corrected chi connectivity index (χ4v) is 3.41. The molecule has 5 heteroatoms. The minimum absolute atomic E-state index is 0.00418. The smallest absolute Gasteiger partial charge is 0.290 e. The number of hydrogen-bond donors (Lipinski definition) is 1. The molecule has 0 aromatic heterocycles. The van der Waals surface area contributed by atoms with Gasteiger partial charge in [0, 0.05) is 25.7 Å². The Labute approximate surface area is 168 Å². The van der Waals surface area contributed by atoms with Gasteiger partial charge < -0.3 is 14.7 Å². The third-order valence-corrected chi connectivity index (χ3v) is 5.07. The van der Waals surface area contributed by atoms with Crippen LogP contribution in [0.2, 0.25) is 0 Å². The molecule has 1 aromatic carbocycles. The zero-order valence-corrected chi connectivity index (χ0v) is 18.1. The first-order valence-corrected chi connectivity index (χ1v) is 9.78. The maximum Gasteiger partial charge on any atom is 0.290 e. The number of ketones is 1. The van der Waals surface area contributed by atoms with E-state index in [0.717, 1.165) is 5.56 Å². The van der Waals surface area contributed by atoms with Gasteiger partial charge in [0.05, 0.1) is 11.6 Å². The molecule has 0 radical (unpaired) electrons. The Hall–Kier alpha value is -2.14. The number of rotatable bonds is 6. The average Bonchev–Trinajstić information content (AvgIpc) is 2.84. The molecule has 0 aliphatic carbocycles. The maximum atomic E-state index is 13.1. The molecule has 5 nitrogen and oxygen atoms in total. The summed E-state index contributed by atoms with van der Waals surface area (Å²) in [7, 11) is 1.61. The van der Waals surface area contributed by atoms with Crippen LogP contribution in [0.5, 0.6) is 0 Å². The lowest BCUT2D eigenvalue weighted by Crippen LogP contribution is -2.34. The molecule has 0 fully saturated rings. The zero-order chi connectivity index (χ0) is 21.3.